The average molecular weight is 1200 g/mol. The van der Waals surface area contributed by atoms with Crippen LogP contribution in [-0.4, -0.2) is 69.3 Å². The van der Waals surface area contributed by atoms with Gasteiger partial charge in [-0.2, -0.15) is 0 Å². The molecule has 0 saturated heterocycles. The molecule has 80 heavy (non-hydrogen) atoms. The van der Waals surface area contributed by atoms with E-state index in [4.69, 9.17) is 54.3 Å². The molecule has 0 aromatic heterocycles. The highest BCUT2D eigenvalue weighted by molar-refractivity contribution is 7.49. The maximum Gasteiger partial charge on any atom is 0.530 e. The number of phosphoric ester groups is 4. The molecule has 20 nitrogen and oxygen atoms in total. The fraction of sp³-hybridized carbons (Fsp3) is 0.571. The number of phenolic OH excluding ortho intramolecular Hbond substituents is 4. The van der Waals surface area contributed by atoms with E-state index < -0.39 is 127 Å². The average Bonchev–Trinajstić information content (AvgIpc) is 3.25. The number of rotatable bonds is 24. The second kappa shape index (κ2) is 26.6. The van der Waals surface area contributed by atoms with Gasteiger partial charge in [0.25, 0.3) is 0 Å². The van der Waals surface area contributed by atoms with E-state index in [0.29, 0.717) is 0 Å². The molecule has 4 aromatic rings. The SMILES string of the molecule is CC(C)OP(=O)(Oc1cc(O)c2cc1C(C)c1cc(c(OP(=O)(OC(C)C)OC(C)C)cc1O)C(C)c1cc(c(OP(=O)(OC(C)C)OC(C)C)cc1O)C(C)c1cc(c(OP(=O)(OC(C)C)OC(C)C)cc1O)C2C)OC(C)C. The van der Waals surface area contributed by atoms with Crippen molar-refractivity contribution in [2.75, 3.05) is 0 Å². The Morgan fingerprint density at radius 2 is 0.412 bits per heavy atom. The lowest BCUT2D eigenvalue weighted by Crippen LogP contribution is -2.15. The fourth-order valence-corrected chi connectivity index (χ4v) is 15.2. The summed E-state index contributed by atoms with van der Waals surface area (Å²) in [6.45, 7) is 33.2. The Bertz CT molecular complexity index is 2550. The summed E-state index contributed by atoms with van der Waals surface area (Å²) in [6, 6.07) is 11.3. The number of phenols is 4. The first-order valence-corrected chi connectivity index (χ1v) is 32.8. The van der Waals surface area contributed by atoms with E-state index in [2.05, 4.69) is 0 Å². The Hall–Kier alpha value is -4.12. The van der Waals surface area contributed by atoms with Gasteiger partial charge < -0.3 is 38.5 Å². The molecule has 0 spiro atoms. The lowest BCUT2D eigenvalue weighted by atomic mass is 9.81. The zero-order chi connectivity index (χ0) is 60.3. The largest absolute Gasteiger partial charge is 0.530 e. The second-order valence-electron chi connectivity index (χ2n) is 22.1. The Morgan fingerprint density at radius 1 is 0.275 bits per heavy atom. The highest BCUT2D eigenvalue weighted by atomic mass is 31.2. The highest BCUT2D eigenvalue weighted by Crippen LogP contribution is 2.61. The van der Waals surface area contributed by atoms with Crippen molar-refractivity contribution >= 4 is 31.3 Å². The van der Waals surface area contributed by atoms with Crippen LogP contribution in [0.3, 0.4) is 0 Å². The molecule has 24 heteroatoms. The first kappa shape index (κ1) is 66.7. The zero-order valence-electron chi connectivity index (χ0n) is 49.7. The summed E-state index contributed by atoms with van der Waals surface area (Å²) in [5.74, 6) is -6.11. The van der Waals surface area contributed by atoms with Crippen molar-refractivity contribution in [3.05, 3.63) is 93.0 Å². The van der Waals surface area contributed by atoms with E-state index in [0.717, 1.165) is 0 Å². The van der Waals surface area contributed by atoms with Crippen molar-refractivity contribution in [1.82, 2.24) is 0 Å². The molecular formula is C56H84O20P4. The van der Waals surface area contributed by atoms with Crippen LogP contribution in [0.5, 0.6) is 46.0 Å². The summed E-state index contributed by atoms with van der Waals surface area (Å²) in [5, 5.41) is 49.1. The van der Waals surface area contributed by atoms with Crippen molar-refractivity contribution in [1.29, 1.82) is 0 Å². The van der Waals surface area contributed by atoms with E-state index in [-0.39, 0.29) is 67.5 Å². The molecule has 4 N–H and O–H groups in total. The highest BCUT2D eigenvalue weighted by Gasteiger charge is 2.40. The fourth-order valence-electron chi connectivity index (χ4n) is 8.96. The van der Waals surface area contributed by atoms with Crippen molar-refractivity contribution in [2.45, 2.75) is 211 Å². The van der Waals surface area contributed by atoms with Gasteiger partial charge in [0.05, 0.1) is 48.8 Å². The summed E-state index contributed by atoms with van der Waals surface area (Å²) in [6.07, 6.45) is -5.29. The smallest absolute Gasteiger partial charge is 0.508 e. The van der Waals surface area contributed by atoms with E-state index >= 15 is 0 Å². The van der Waals surface area contributed by atoms with Crippen LogP contribution < -0.4 is 18.1 Å². The van der Waals surface area contributed by atoms with Gasteiger partial charge in [0.1, 0.15) is 46.0 Å². The monoisotopic (exact) mass is 1200 g/mol. The molecule has 4 atom stereocenters. The topological polar surface area (TPSA) is 260 Å². The summed E-state index contributed by atoms with van der Waals surface area (Å²) >= 11 is 0. The van der Waals surface area contributed by atoms with Gasteiger partial charge in [-0.1, -0.05) is 27.7 Å². The minimum atomic E-state index is -4.50. The van der Waals surface area contributed by atoms with E-state index in [1.165, 1.54) is 24.3 Å². The summed E-state index contributed by atoms with van der Waals surface area (Å²) in [4.78, 5) is 0. The maximum absolute atomic E-state index is 14.6. The molecule has 1 aliphatic carbocycles. The Morgan fingerprint density at radius 3 is 0.537 bits per heavy atom. The minimum absolute atomic E-state index is 0.166. The third-order valence-electron chi connectivity index (χ3n) is 11.9. The van der Waals surface area contributed by atoms with Gasteiger partial charge in [0.15, 0.2) is 0 Å². The van der Waals surface area contributed by atoms with Gasteiger partial charge in [-0.05, 0) is 135 Å². The van der Waals surface area contributed by atoms with Crippen molar-refractivity contribution in [2.24, 2.45) is 0 Å². The van der Waals surface area contributed by atoms with Crippen LogP contribution in [-0.2, 0) is 54.5 Å². The van der Waals surface area contributed by atoms with E-state index in [1.807, 2.05) is 0 Å². The molecular weight excluding hydrogens is 1120 g/mol. The van der Waals surface area contributed by atoms with Crippen LogP contribution in [0.2, 0.25) is 0 Å². The van der Waals surface area contributed by atoms with Crippen molar-refractivity contribution < 1.29 is 93.0 Å². The van der Waals surface area contributed by atoms with Gasteiger partial charge in [-0.3, -0.25) is 36.2 Å². The van der Waals surface area contributed by atoms with E-state index in [9.17, 15) is 38.7 Å². The molecule has 0 saturated carbocycles. The third kappa shape index (κ3) is 17.0. The molecule has 0 fully saturated rings. The molecule has 5 rings (SSSR count). The third-order valence-corrected chi connectivity index (χ3v) is 19.0. The molecule has 8 bridgehead atoms. The normalized spacial score (nSPS) is 17.4. The van der Waals surface area contributed by atoms with Crippen LogP contribution in [0.15, 0.2) is 48.5 Å². The predicted octanol–water partition coefficient (Wildman–Crippen LogP) is 16.8. The van der Waals surface area contributed by atoms with Gasteiger partial charge in [-0.25, -0.2) is 18.3 Å². The molecule has 0 radical (unpaired) electrons. The lowest BCUT2D eigenvalue weighted by molar-refractivity contribution is 0.102. The molecule has 448 valence electrons. The number of aromatic hydroxyl groups is 4. The number of hydrogen-bond donors (Lipinski definition) is 4. The van der Waals surface area contributed by atoms with Crippen molar-refractivity contribution in [3.63, 3.8) is 0 Å². The quantitative estimate of drug-likeness (QED) is 0.0475. The van der Waals surface area contributed by atoms with Gasteiger partial charge in [0, 0.05) is 92.4 Å². The standard InChI is InChI=1S/C56H84O20P4/c1-29(2)65-77(61,66-30(3)4)73-53-25-49(57)41-21-45(53)37(17)42-22-46(54(26-50(42)58)74-78(62,67-31(5)6)68-32(7)8)39(19)44-24-48(56(28-52(44)60)76-80(64,71-35(13)14)72-36(15)16)40(20)43-23-47(38(41)18)55(27-51(43)59)75-79(63,69-33(9)10)70-34(11)12/h21-40,57-60H,1-20H3. The second-order valence-corrected chi connectivity index (χ2v) is 28.1. The summed E-state index contributed by atoms with van der Waals surface area (Å²) in [5.41, 5.74) is 1.67. The number of phosphoric acid groups is 4. The van der Waals surface area contributed by atoms with Crippen LogP contribution in [0.25, 0.3) is 0 Å². The molecule has 4 aromatic carbocycles. The van der Waals surface area contributed by atoms with Crippen LogP contribution in [0.4, 0.5) is 0 Å². The molecule has 0 aliphatic heterocycles. The summed E-state index contributed by atoms with van der Waals surface area (Å²) < 4.78 is 130. The lowest BCUT2D eigenvalue weighted by Gasteiger charge is -2.30. The number of hydrogen-bond acceptors (Lipinski definition) is 20. The zero-order valence-corrected chi connectivity index (χ0v) is 53.2. The van der Waals surface area contributed by atoms with Gasteiger partial charge >= 0.3 is 31.3 Å². The molecule has 4 unspecified atom stereocenters. The van der Waals surface area contributed by atoms with Gasteiger partial charge in [0.2, 0.25) is 0 Å². The molecule has 0 amide bonds. The minimum Gasteiger partial charge on any atom is -0.508 e. The first-order valence-electron chi connectivity index (χ1n) is 27.0. The molecule has 0 heterocycles. The Labute approximate surface area is 472 Å². The van der Waals surface area contributed by atoms with Crippen molar-refractivity contribution in [3.8, 4) is 46.0 Å². The predicted molar refractivity (Wildman–Crippen MR) is 305 cm³/mol. The Kier molecular flexibility index (Phi) is 22.2. The van der Waals surface area contributed by atoms with E-state index in [1.54, 1.807) is 163 Å². The number of fused-ring (bicyclic) bond motifs is 8. The van der Waals surface area contributed by atoms with Crippen LogP contribution >= 0.6 is 31.3 Å². The van der Waals surface area contributed by atoms with Crippen LogP contribution in [0, 0.1) is 0 Å². The number of benzene rings is 4. The molecule has 1 aliphatic rings. The maximum atomic E-state index is 14.6. The first-order chi connectivity index (χ1) is 36.9. The Balaban J connectivity index is 2.02. The van der Waals surface area contributed by atoms with Gasteiger partial charge in [-0.15, -0.1) is 0 Å². The van der Waals surface area contributed by atoms with Crippen LogP contribution in [0.1, 0.15) is 207 Å². The summed E-state index contributed by atoms with van der Waals surface area (Å²) in [7, 11) is -18.0.